The number of aromatic nitrogens is 2. The van der Waals surface area contributed by atoms with E-state index in [1.807, 2.05) is 56.3 Å². The fourth-order valence-electron chi connectivity index (χ4n) is 2.91. The fourth-order valence-corrected chi connectivity index (χ4v) is 2.91. The highest BCUT2D eigenvalue weighted by Crippen LogP contribution is 2.21. The Kier molecular flexibility index (Phi) is 4.93. The molecule has 3 aromatic rings. The molecule has 0 amide bonds. The van der Waals surface area contributed by atoms with Gasteiger partial charge in [-0.3, -0.25) is 14.0 Å². The number of carbonyl (C=O) groups is 1. The van der Waals surface area contributed by atoms with Gasteiger partial charge >= 0.3 is 5.97 Å². The van der Waals surface area contributed by atoms with Gasteiger partial charge in [-0.1, -0.05) is 43.3 Å². The van der Waals surface area contributed by atoms with Gasteiger partial charge in [-0.25, -0.2) is 4.98 Å². The third-order valence-corrected chi connectivity index (χ3v) is 4.19. The van der Waals surface area contributed by atoms with Gasteiger partial charge in [0.2, 0.25) is 0 Å². The highest BCUT2D eigenvalue weighted by molar-refractivity contribution is 5.78. The summed E-state index contributed by atoms with van der Waals surface area (Å²) in [5.41, 5.74) is 2.57. The van der Waals surface area contributed by atoms with Crippen molar-refractivity contribution in [1.29, 1.82) is 0 Å². The van der Waals surface area contributed by atoms with Crippen molar-refractivity contribution < 1.29 is 9.53 Å². The number of fused-ring (bicyclic) bond motifs is 1. The second kappa shape index (κ2) is 7.30. The molecule has 0 radical (unpaired) electrons. The van der Waals surface area contributed by atoms with Gasteiger partial charge in [0.25, 0.3) is 5.56 Å². The molecule has 5 nitrogen and oxygen atoms in total. The summed E-state index contributed by atoms with van der Waals surface area (Å²) in [5, 5.41) is 0. The maximum Gasteiger partial charge on any atom is 0.313 e. The van der Waals surface area contributed by atoms with Crippen LogP contribution in [-0.4, -0.2) is 15.4 Å². The van der Waals surface area contributed by atoms with E-state index in [0.29, 0.717) is 17.8 Å². The molecular formula is C20H20N2O3. The minimum Gasteiger partial charge on any atom is -0.459 e. The number of ether oxygens (including phenoxy) is 1. The maximum absolute atomic E-state index is 12.4. The monoisotopic (exact) mass is 336 g/mol. The number of carbonyl (C=O) groups excluding carboxylic acids is 1. The van der Waals surface area contributed by atoms with Gasteiger partial charge in [-0.2, -0.15) is 0 Å². The van der Waals surface area contributed by atoms with Crippen LogP contribution in [-0.2, 0) is 16.1 Å². The van der Waals surface area contributed by atoms with Crippen LogP contribution in [0.4, 0.5) is 0 Å². The van der Waals surface area contributed by atoms with Crippen molar-refractivity contribution in [3.05, 3.63) is 81.9 Å². The highest BCUT2D eigenvalue weighted by Gasteiger charge is 2.20. The Bertz CT molecular complexity index is 948. The predicted octanol–water partition coefficient (Wildman–Crippen LogP) is 3.24. The molecule has 3 rings (SSSR count). The van der Waals surface area contributed by atoms with E-state index >= 15 is 0 Å². The molecule has 128 valence electrons. The molecule has 0 aliphatic carbocycles. The van der Waals surface area contributed by atoms with Crippen LogP contribution >= 0.6 is 0 Å². The van der Waals surface area contributed by atoms with Gasteiger partial charge in [0.05, 0.1) is 11.6 Å². The first kappa shape index (κ1) is 16.9. The van der Waals surface area contributed by atoms with E-state index < -0.39 is 0 Å². The van der Waals surface area contributed by atoms with E-state index in [9.17, 15) is 9.59 Å². The van der Waals surface area contributed by atoms with Gasteiger partial charge < -0.3 is 4.74 Å². The summed E-state index contributed by atoms with van der Waals surface area (Å²) in [6.45, 7) is 3.78. The summed E-state index contributed by atoms with van der Waals surface area (Å²) in [5.74, 6) is -0.620. The first-order chi connectivity index (χ1) is 12.1. The minimum absolute atomic E-state index is 0.0121. The van der Waals surface area contributed by atoms with E-state index in [0.717, 1.165) is 11.3 Å². The van der Waals surface area contributed by atoms with Crippen LogP contribution in [0.3, 0.4) is 0 Å². The molecule has 0 aliphatic rings. The number of hydrogen-bond acceptors (Lipinski definition) is 4. The molecule has 0 saturated carbocycles. The van der Waals surface area contributed by atoms with Gasteiger partial charge in [0.1, 0.15) is 12.3 Å². The standard InChI is InChI=1S/C20H20N2O3/c1-3-17(15-9-5-4-6-10-15)20(24)25-13-16-12-19(23)22-14(2)8-7-11-18(22)21-16/h4-12,17H,3,13H2,1-2H3/t17-/m1/s1. The third kappa shape index (κ3) is 3.60. The average Bonchev–Trinajstić information content (AvgIpc) is 2.61. The van der Waals surface area contributed by atoms with Gasteiger partial charge in [-0.15, -0.1) is 0 Å². The van der Waals surface area contributed by atoms with Crippen LogP contribution in [0.25, 0.3) is 5.65 Å². The summed E-state index contributed by atoms with van der Waals surface area (Å²) in [6, 6.07) is 16.4. The number of rotatable bonds is 5. The van der Waals surface area contributed by atoms with Crippen LogP contribution < -0.4 is 5.56 Å². The molecule has 0 fully saturated rings. The average molecular weight is 336 g/mol. The molecule has 0 N–H and O–H groups in total. The number of esters is 1. The first-order valence-corrected chi connectivity index (χ1v) is 8.30. The Labute approximate surface area is 145 Å². The summed E-state index contributed by atoms with van der Waals surface area (Å²) in [6.07, 6.45) is 0.649. The Morgan fingerprint density at radius 1 is 1.16 bits per heavy atom. The van der Waals surface area contributed by atoms with Crippen LogP contribution in [0.2, 0.25) is 0 Å². The van der Waals surface area contributed by atoms with Gasteiger partial charge in [-0.05, 0) is 31.0 Å². The predicted molar refractivity (Wildman–Crippen MR) is 95.5 cm³/mol. The Morgan fingerprint density at radius 2 is 1.92 bits per heavy atom. The molecule has 25 heavy (non-hydrogen) atoms. The van der Waals surface area contributed by atoms with E-state index in [4.69, 9.17) is 4.74 Å². The Hall–Kier alpha value is -2.95. The van der Waals surface area contributed by atoms with Crippen LogP contribution in [0, 0.1) is 6.92 Å². The van der Waals surface area contributed by atoms with E-state index in [-0.39, 0.29) is 24.1 Å². The van der Waals surface area contributed by atoms with Crippen molar-refractivity contribution in [2.75, 3.05) is 0 Å². The van der Waals surface area contributed by atoms with Crippen molar-refractivity contribution in [3.8, 4) is 0 Å². The number of benzene rings is 1. The SMILES string of the molecule is CC[C@@H](C(=O)OCc1cc(=O)n2c(C)cccc2n1)c1ccccc1. The van der Waals surface area contributed by atoms with Gasteiger partial charge in [0.15, 0.2) is 0 Å². The normalized spacial score (nSPS) is 12.1. The lowest BCUT2D eigenvalue weighted by Gasteiger charge is -2.14. The Morgan fingerprint density at radius 3 is 2.64 bits per heavy atom. The molecule has 0 spiro atoms. The molecule has 2 heterocycles. The second-order valence-electron chi connectivity index (χ2n) is 5.93. The molecule has 5 heteroatoms. The van der Waals surface area contributed by atoms with Crippen molar-refractivity contribution in [1.82, 2.24) is 9.38 Å². The van der Waals surface area contributed by atoms with E-state index in [1.165, 1.54) is 10.5 Å². The lowest BCUT2D eigenvalue weighted by Crippen LogP contribution is -2.20. The van der Waals surface area contributed by atoms with Crippen LogP contribution in [0.15, 0.2) is 59.4 Å². The zero-order valence-corrected chi connectivity index (χ0v) is 14.3. The lowest BCUT2D eigenvalue weighted by atomic mass is 9.97. The number of aryl methyl sites for hydroxylation is 1. The van der Waals surface area contributed by atoms with Crippen LogP contribution in [0.5, 0.6) is 0 Å². The fraction of sp³-hybridized carbons (Fsp3) is 0.250. The van der Waals surface area contributed by atoms with E-state index in [2.05, 4.69) is 4.98 Å². The largest absolute Gasteiger partial charge is 0.459 e. The zero-order valence-electron chi connectivity index (χ0n) is 14.3. The molecule has 1 aromatic carbocycles. The molecule has 0 aliphatic heterocycles. The topological polar surface area (TPSA) is 60.7 Å². The Balaban J connectivity index is 1.78. The molecule has 0 bridgehead atoms. The second-order valence-corrected chi connectivity index (χ2v) is 5.93. The summed E-state index contributed by atoms with van der Waals surface area (Å²) >= 11 is 0. The number of nitrogens with zero attached hydrogens (tertiary/aromatic N) is 2. The zero-order chi connectivity index (χ0) is 17.8. The smallest absolute Gasteiger partial charge is 0.313 e. The lowest BCUT2D eigenvalue weighted by molar-refractivity contribution is -0.147. The summed E-state index contributed by atoms with van der Waals surface area (Å²) < 4.78 is 6.95. The van der Waals surface area contributed by atoms with E-state index in [1.54, 1.807) is 6.07 Å². The van der Waals surface area contributed by atoms with Crippen molar-refractivity contribution in [2.45, 2.75) is 32.8 Å². The molecular weight excluding hydrogens is 316 g/mol. The van der Waals surface area contributed by atoms with Gasteiger partial charge in [0, 0.05) is 11.8 Å². The number of pyridine rings is 1. The first-order valence-electron chi connectivity index (χ1n) is 8.30. The number of hydrogen-bond donors (Lipinski definition) is 0. The maximum atomic E-state index is 12.4. The molecule has 1 atom stereocenters. The highest BCUT2D eigenvalue weighted by atomic mass is 16.5. The summed E-state index contributed by atoms with van der Waals surface area (Å²) in [4.78, 5) is 29.1. The van der Waals surface area contributed by atoms with Crippen LogP contribution in [0.1, 0.15) is 36.2 Å². The third-order valence-electron chi connectivity index (χ3n) is 4.19. The van der Waals surface area contributed by atoms with Crippen molar-refractivity contribution >= 4 is 11.6 Å². The van der Waals surface area contributed by atoms with Crippen molar-refractivity contribution in [3.63, 3.8) is 0 Å². The quantitative estimate of drug-likeness (QED) is 0.671. The molecule has 0 saturated heterocycles. The molecule has 2 aromatic heterocycles. The summed E-state index contributed by atoms with van der Waals surface area (Å²) in [7, 11) is 0. The minimum atomic E-state index is -0.315. The van der Waals surface area contributed by atoms with Crippen molar-refractivity contribution in [2.24, 2.45) is 0 Å². The molecule has 0 unspecified atom stereocenters.